The highest BCUT2D eigenvalue weighted by Crippen LogP contribution is 2.34. The molecule has 112 valence electrons. The number of piperidine rings is 1. The van der Waals surface area contributed by atoms with Crippen molar-refractivity contribution in [1.82, 2.24) is 9.88 Å². The Morgan fingerprint density at radius 2 is 2.24 bits per heavy atom. The molecule has 0 saturated carbocycles. The number of para-hydroxylation sites is 1. The largest absolute Gasteiger partial charge is 0.481 e. The lowest BCUT2D eigenvalue weighted by Gasteiger charge is -2.39. The second-order valence-corrected chi connectivity index (χ2v) is 6.11. The van der Waals surface area contributed by atoms with Gasteiger partial charge in [-0.3, -0.25) is 9.69 Å². The van der Waals surface area contributed by atoms with Crippen LogP contribution < -0.4 is 0 Å². The van der Waals surface area contributed by atoms with E-state index in [9.17, 15) is 9.90 Å². The van der Waals surface area contributed by atoms with Gasteiger partial charge in [-0.25, -0.2) is 0 Å². The molecule has 1 saturated heterocycles. The number of aliphatic carboxylic acids is 1. The summed E-state index contributed by atoms with van der Waals surface area (Å²) in [6, 6.07) is 8.26. The normalized spacial score (nSPS) is 23.5. The number of likely N-dealkylation sites (tertiary alicyclic amines) is 1. The average molecular weight is 286 g/mol. The van der Waals surface area contributed by atoms with Crippen molar-refractivity contribution in [3.8, 4) is 0 Å². The maximum Gasteiger partial charge on any atom is 0.310 e. The fraction of sp³-hybridized carbons (Fsp3) is 0.471. The molecule has 1 aromatic carbocycles. The molecule has 1 atom stereocenters. The summed E-state index contributed by atoms with van der Waals surface area (Å²) < 4.78 is 0. The van der Waals surface area contributed by atoms with Crippen molar-refractivity contribution < 1.29 is 9.90 Å². The van der Waals surface area contributed by atoms with Gasteiger partial charge in [0.05, 0.1) is 5.41 Å². The third-order valence-corrected chi connectivity index (χ3v) is 4.86. The van der Waals surface area contributed by atoms with E-state index in [0.29, 0.717) is 13.0 Å². The molecule has 4 heteroatoms. The van der Waals surface area contributed by atoms with Gasteiger partial charge in [-0.2, -0.15) is 0 Å². The molecule has 2 heterocycles. The van der Waals surface area contributed by atoms with Crippen LogP contribution in [0.5, 0.6) is 0 Å². The van der Waals surface area contributed by atoms with Gasteiger partial charge >= 0.3 is 5.97 Å². The molecule has 3 rings (SSSR count). The molecule has 1 fully saturated rings. The summed E-state index contributed by atoms with van der Waals surface area (Å²) in [5.74, 6) is -0.645. The van der Waals surface area contributed by atoms with E-state index >= 15 is 0 Å². The number of hydrogen-bond donors (Lipinski definition) is 2. The number of aromatic amines is 1. The second kappa shape index (κ2) is 5.53. The maximum atomic E-state index is 11.6. The highest BCUT2D eigenvalue weighted by molar-refractivity contribution is 5.83. The van der Waals surface area contributed by atoms with Gasteiger partial charge in [0.15, 0.2) is 0 Å². The zero-order chi connectivity index (χ0) is 14.9. The first-order chi connectivity index (χ1) is 10.1. The average Bonchev–Trinajstić information content (AvgIpc) is 2.90. The van der Waals surface area contributed by atoms with Gasteiger partial charge in [0, 0.05) is 30.2 Å². The van der Waals surface area contributed by atoms with Gasteiger partial charge in [-0.15, -0.1) is 0 Å². The van der Waals surface area contributed by atoms with Crippen molar-refractivity contribution in [3.05, 3.63) is 36.0 Å². The van der Waals surface area contributed by atoms with Crippen LogP contribution in [0.2, 0.25) is 0 Å². The first kappa shape index (κ1) is 14.1. The van der Waals surface area contributed by atoms with E-state index in [2.05, 4.69) is 22.0 Å². The first-order valence-electron chi connectivity index (χ1n) is 7.65. The molecule has 0 amide bonds. The minimum Gasteiger partial charge on any atom is -0.481 e. The van der Waals surface area contributed by atoms with Gasteiger partial charge in [0.1, 0.15) is 0 Å². The number of fused-ring (bicyclic) bond motifs is 1. The predicted octanol–water partition coefficient (Wildman–Crippen LogP) is 3.24. The smallest absolute Gasteiger partial charge is 0.310 e. The number of aromatic nitrogens is 1. The van der Waals surface area contributed by atoms with Gasteiger partial charge in [0.25, 0.3) is 0 Å². The highest BCUT2D eigenvalue weighted by atomic mass is 16.4. The molecule has 0 radical (unpaired) electrons. The Hall–Kier alpha value is -1.81. The van der Waals surface area contributed by atoms with Crippen molar-refractivity contribution in [2.24, 2.45) is 5.41 Å². The van der Waals surface area contributed by atoms with Gasteiger partial charge < -0.3 is 10.1 Å². The molecule has 1 aliphatic rings. The first-order valence-corrected chi connectivity index (χ1v) is 7.65. The topological polar surface area (TPSA) is 56.3 Å². The van der Waals surface area contributed by atoms with E-state index in [1.165, 1.54) is 10.9 Å². The van der Waals surface area contributed by atoms with Crippen molar-refractivity contribution in [3.63, 3.8) is 0 Å². The number of benzene rings is 1. The van der Waals surface area contributed by atoms with E-state index in [-0.39, 0.29) is 0 Å². The third-order valence-electron chi connectivity index (χ3n) is 4.86. The van der Waals surface area contributed by atoms with Crippen LogP contribution in [-0.4, -0.2) is 34.0 Å². The van der Waals surface area contributed by atoms with E-state index in [0.717, 1.165) is 31.4 Å². The van der Waals surface area contributed by atoms with Gasteiger partial charge in [0.2, 0.25) is 0 Å². The standard InChI is InChI=1S/C17H22N2O2/c1-2-17(16(20)21)8-5-9-19(12-17)11-13-10-18-15-7-4-3-6-14(13)15/h3-4,6-7,10,18H,2,5,8-9,11-12H2,1H3,(H,20,21). The Kier molecular flexibility index (Phi) is 3.72. The van der Waals surface area contributed by atoms with E-state index in [1.54, 1.807) is 0 Å². The molecule has 1 aromatic heterocycles. The number of H-pyrrole nitrogens is 1. The number of rotatable bonds is 4. The molecular weight excluding hydrogens is 264 g/mol. The summed E-state index contributed by atoms with van der Waals surface area (Å²) in [4.78, 5) is 17.2. The number of nitrogens with one attached hydrogen (secondary N) is 1. The Morgan fingerprint density at radius 3 is 3.00 bits per heavy atom. The second-order valence-electron chi connectivity index (χ2n) is 6.11. The molecule has 2 N–H and O–H groups in total. The van der Waals surface area contributed by atoms with Gasteiger partial charge in [-0.05, 0) is 37.4 Å². The lowest BCUT2D eigenvalue weighted by atomic mass is 9.77. The van der Waals surface area contributed by atoms with Crippen molar-refractivity contribution in [2.75, 3.05) is 13.1 Å². The fourth-order valence-electron chi connectivity index (χ4n) is 3.48. The Bertz CT molecular complexity index is 649. The lowest BCUT2D eigenvalue weighted by Crippen LogP contribution is -2.47. The number of carboxylic acids is 1. The molecule has 2 aromatic rings. The number of nitrogens with zero attached hydrogens (tertiary/aromatic N) is 1. The lowest BCUT2D eigenvalue weighted by molar-refractivity contribution is -0.153. The zero-order valence-corrected chi connectivity index (χ0v) is 12.4. The molecule has 0 bridgehead atoms. The zero-order valence-electron chi connectivity index (χ0n) is 12.4. The fourth-order valence-corrected chi connectivity index (χ4v) is 3.48. The number of hydrogen-bond acceptors (Lipinski definition) is 2. The minimum absolute atomic E-state index is 0.565. The Morgan fingerprint density at radius 1 is 1.43 bits per heavy atom. The summed E-state index contributed by atoms with van der Waals surface area (Å²) in [6.45, 7) is 4.44. The van der Waals surface area contributed by atoms with Crippen molar-refractivity contribution >= 4 is 16.9 Å². The minimum atomic E-state index is -0.645. The van der Waals surface area contributed by atoms with Gasteiger partial charge in [-0.1, -0.05) is 25.1 Å². The molecule has 21 heavy (non-hydrogen) atoms. The number of carbonyl (C=O) groups is 1. The van der Waals surface area contributed by atoms with Crippen LogP contribution in [0.3, 0.4) is 0 Å². The van der Waals surface area contributed by atoms with E-state index < -0.39 is 11.4 Å². The van der Waals surface area contributed by atoms with Crippen LogP contribution in [0.1, 0.15) is 31.7 Å². The highest BCUT2D eigenvalue weighted by Gasteiger charge is 2.40. The summed E-state index contributed by atoms with van der Waals surface area (Å²) >= 11 is 0. The molecule has 0 spiro atoms. The predicted molar refractivity (Wildman–Crippen MR) is 83.2 cm³/mol. The van der Waals surface area contributed by atoms with Crippen LogP contribution >= 0.6 is 0 Å². The third kappa shape index (κ3) is 2.56. The molecule has 1 unspecified atom stereocenters. The molecular formula is C17H22N2O2. The SMILES string of the molecule is CCC1(C(=O)O)CCCN(Cc2c[nH]c3ccccc23)C1. The summed E-state index contributed by atoms with van der Waals surface area (Å²) in [6.07, 6.45) is 4.51. The van der Waals surface area contributed by atoms with Crippen LogP contribution in [0.25, 0.3) is 10.9 Å². The van der Waals surface area contributed by atoms with Crippen LogP contribution in [0.4, 0.5) is 0 Å². The molecule has 1 aliphatic heterocycles. The van der Waals surface area contributed by atoms with Crippen LogP contribution in [-0.2, 0) is 11.3 Å². The summed E-state index contributed by atoms with van der Waals surface area (Å²) in [5.41, 5.74) is 1.83. The maximum absolute atomic E-state index is 11.6. The molecule has 4 nitrogen and oxygen atoms in total. The quantitative estimate of drug-likeness (QED) is 0.907. The Labute approximate surface area is 124 Å². The van der Waals surface area contributed by atoms with Crippen molar-refractivity contribution in [2.45, 2.75) is 32.7 Å². The molecule has 0 aliphatic carbocycles. The van der Waals surface area contributed by atoms with Crippen LogP contribution in [0, 0.1) is 5.41 Å². The van der Waals surface area contributed by atoms with Crippen LogP contribution in [0.15, 0.2) is 30.5 Å². The number of carboxylic acid groups (broad SMARTS) is 1. The Balaban J connectivity index is 1.80. The van der Waals surface area contributed by atoms with E-state index in [1.807, 2.05) is 25.3 Å². The van der Waals surface area contributed by atoms with Crippen molar-refractivity contribution in [1.29, 1.82) is 0 Å². The summed E-state index contributed by atoms with van der Waals surface area (Å²) in [7, 11) is 0. The summed E-state index contributed by atoms with van der Waals surface area (Å²) in [5, 5.41) is 10.8. The monoisotopic (exact) mass is 286 g/mol. The van der Waals surface area contributed by atoms with E-state index in [4.69, 9.17) is 0 Å².